The third-order valence-corrected chi connectivity index (χ3v) is 8.38. The van der Waals surface area contributed by atoms with Gasteiger partial charge in [-0.25, -0.2) is 4.98 Å². The summed E-state index contributed by atoms with van der Waals surface area (Å²) in [6.45, 7) is 8.98. The molecule has 2 aliphatic rings. The van der Waals surface area contributed by atoms with E-state index in [1.807, 2.05) is 18.2 Å². The van der Waals surface area contributed by atoms with Gasteiger partial charge in [0.1, 0.15) is 0 Å². The summed E-state index contributed by atoms with van der Waals surface area (Å²) in [6.07, 6.45) is 7.80. The average molecular weight is 525 g/mol. The molecule has 0 atom stereocenters. The Morgan fingerprint density at radius 3 is 2.28 bits per heavy atom. The van der Waals surface area contributed by atoms with Crippen LogP contribution in [0.3, 0.4) is 0 Å². The molecule has 2 aliphatic heterocycles. The summed E-state index contributed by atoms with van der Waals surface area (Å²) in [5.74, 6) is 0. The lowest BCUT2D eigenvalue weighted by molar-refractivity contribution is 0.228. The number of benzene rings is 2. The summed E-state index contributed by atoms with van der Waals surface area (Å²) in [5.41, 5.74) is 5.35. The van der Waals surface area contributed by atoms with Gasteiger partial charge >= 0.3 is 0 Å². The molecule has 2 aromatic carbocycles. The number of nitrogens with zero attached hydrogens (tertiary/aromatic N) is 4. The number of likely N-dealkylation sites (tertiary alicyclic amines) is 2. The molecule has 36 heavy (non-hydrogen) atoms. The fourth-order valence-corrected chi connectivity index (χ4v) is 6.43. The second-order valence-corrected chi connectivity index (χ2v) is 11.3. The third kappa shape index (κ3) is 5.04. The number of pyridine rings is 1. The molecule has 6 rings (SSSR count). The van der Waals surface area contributed by atoms with E-state index in [0.29, 0.717) is 5.02 Å². The van der Waals surface area contributed by atoms with Gasteiger partial charge in [-0.2, -0.15) is 0 Å². The number of hydrogen-bond acceptors (Lipinski definition) is 4. The molecule has 1 N–H and O–H groups in total. The van der Waals surface area contributed by atoms with Crippen LogP contribution in [0.15, 0.2) is 36.4 Å². The standard InChI is InChI=1S/C29H35Cl2N5/c30-21-7-8-27-24(17-21)29-28(36(27)16-15-35-12-4-5-13-35)20-23-25(18-22(31)19-26(23)33-29)32-9-6-14-34-10-2-1-3-11-34/h7-8,17-20,32H,1-6,9-16H2. The van der Waals surface area contributed by atoms with E-state index >= 15 is 0 Å². The highest BCUT2D eigenvalue weighted by molar-refractivity contribution is 6.32. The lowest BCUT2D eigenvalue weighted by Crippen LogP contribution is -2.31. The zero-order valence-electron chi connectivity index (χ0n) is 20.9. The van der Waals surface area contributed by atoms with E-state index in [-0.39, 0.29) is 0 Å². The molecule has 0 aliphatic carbocycles. The number of nitrogens with one attached hydrogen (secondary N) is 1. The van der Waals surface area contributed by atoms with Crippen molar-refractivity contribution in [1.29, 1.82) is 0 Å². The van der Waals surface area contributed by atoms with Gasteiger partial charge in [-0.1, -0.05) is 29.6 Å². The van der Waals surface area contributed by atoms with Crippen molar-refractivity contribution in [2.24, 2.45) is 0 Å². The maximum atomic E-state index is 6.56. The lowest BCUT2D eigenvalue weighted by atomic mass is 10.1. The van der Waals surface area contributed by atoms with Gasteiger partial charge in [-0.05, 0) is 101 Å². The Hall–Kier alpha value is -2.05. The van der Waals surface area contributed by atoms with Gasteiger partial charge in [0, 0.05) is 46.1 Å². The third-order valence-electron chi connectivity index (χ3n) is 7.93. The molecule has 0 radical (unpaired) electrons. The van der Waals surface area contributed by atoms with E-state index in [1.165, 1.54) is 63.8 Å². The van der Waals surface area contributed by atoms with Gasteiger partial charge in [0.15, 0.2) is 0 Å². The molecule has 190 valence electrons. The molecule has 4 heterocycles. The van der Waals surface area contributed by atoms with Crippen LogP contribution in [0.1, 0.15) is 38.5 Å². The molecule has 4 aromatic rings. The van der Waals surface area contributed by atoms with Crippen LogP contribution in [0.4, 0.5) is 5.69 Å². The first-order valence-electron chi connectivity index (χ1n) is 13.6. The minimum atomic E-state index is 0.712. The van der Waals surface area contributed by atoms with Crippen LogP contribution in [0.25, 0.3) is 32.8 Å². The van der Waals surface area contributed by atoms with Crippen LogP contribution < -0.4 is 5.32 Å². The first-order valence-corrected chi connectivity index (χ1v) is 14.3. The molecule has 2 fully saturated rings. The van der Waals surface area contributed by atoms with Crippen molar-refractivity contribution in [3.63, 3.8) is 0 Å². The summed E-state index contributed by atoms with van der Waals surface area (Å²) in [5, 5.41) is 7.37. The topological polar surface area (TPSA) is 36.3 Å². The van der Waals surface area contributed by atoms with E-state index in [2.05, 4.69) is 37.9 Å². The highest BCUT2D eigenvalue weighted by Gasteiger charge is 2.18. The van der Waals surface area contributed by atoms with Gasteiger partial charge in [0.05, 0.1) is 22.1 Å². The minimum Gasteiger partial charge on any atom is -0.384 e. The van der Waals surface area contributed by atoms with E-state index < -0.39 is 0 Å². The van der Waals surface area contributed by atoms with Crippen molar-refractivity contribution < 1.29 is 0 Å². The molecule has 0 spiro atoms. The molecule has 2 aromatic heterocycles. The van der Waals surface area contributed by atoms with E-state index in [9.17, 15) is 0 Å². The average Bonchev–Trinajstić information content (AvgIpc) is 3.50. The SMILES string of the molecule is Clc1cc(NCCCN2CCCCC2)c2cc3c(nc2c1)c1cc(Cl)ccc1n3CCN1CCCC1. The highest BCUT2D eigenvalue weighted by Crippen LogP contribution is 2.35. The predicted octanol–water partition coefficient (Wildman–Crippen LogP) is 7.03. The normalized spacial score (nSPS) is 17.6. The number of rotatable bonds is 8. The number of anilines is 1. The molecule has 7 heteroatoms. The van der Waals surface area contributed by atoms with Crippen LogP contribution >= 0.6 is 23.2 Å². The van der Waals surface area contributed by atoms with Crippen molar-refractivity contribution in [3.8, 4) is 0 Å². The van der Waals surface area contributed by atoms with Crippen molar-refractivity contribution in [2.75, 3.05) is 51.1 Å². The van der Waals surface area contributed by atoms with Crippen LogP contribution in [-0.4, -0.2) is 65.2 Å². The van der Waals surface area contributed by atoms with Crippen molar-refractivity contribution in [1.82, 2.24) is 19.4 Å². The van der Waals surface area contributed by atoms with E-state index in [1.54, 1.807) is 0 Å². The summed E-state index contributed by atoms with van der Waals surface area (Å²) in [7, 11) is 0. The van der Waals surface area contributed by atoms with Gasteiger partial charge < -0.3 is 19.7 Å². The molecule has 5 nitrogen and oxygen atoms in total. The number of aromatic nitrogens is 2. The summed E-state index contributed by atoms with van der Waals surface area (Å²) < 4.78 is 2.43. The number of hydrogen-bond donors (Lipinski definition) is 1. The second-order valence-electron chi connectivity index (χ2n) is 10.4. The largest absolute Gasteiger partial charge is 0.384 e. The van der Waals surface area contributed by atoms with Crippen molar-refractivity contribution in [3.05, 3.63) is 46.4 Å². The maximum absolute atomic E-state index is 6.56. The Labute approximate surface area is 223 Å². The molecular formula is C29H35Cl2N5. The number of piperidine rings is 1. The van der Waals surface area contributed by atoms with Gasteiger partial charge in [-0.15, -0.1) is 0 Å². The van der Waals surface area contributed by atoms with Crippen LogP contribution in [-0.2, 0) is 6.54 Å². The lowest BCUT2D eigenvalue weighted by Gasteiger charge is -2.26. The van der Waals surface area contributed by atoms with Gasteiger partial charge in [0.2, 0.25) is 0 Å². The van der Waals surface area contributed by atoms with Crippen LogP contribution in [0.2, 0.25) is 10.0 Å². The fraction of sp³-hybridized carbons (Fsp3) is 0.483. The smallest absolute Gasteiger partial charge is 0.0968 e. The Morgan fingerprint density at radius 2 is 1.47 bits per heavy atom. The molecule has 0 bridgehead atoms. The first kappa shape index (κ1) is 24.3. The Bertz CT molecular complexity index is 1370. The van der Waals surface area contributed by atoms with Gasteiger partial charge in [0.25, 0.3) is 0 Å². The van der Waals surface area contributed by atoms with Crippen LogP contribution in [0, 0.1) is 0 Å². The number of halogens is 2. The molecule has 2 saturated heterocycles. The van der Waals surface area contributed by atoms with E-state index in [0.717, 1.165) is 70.6 Å². The highest BCUT2D eigenvalue weighted by atomic mass is 35.5. The Balaban J connectivity index is 1.34. The zero-order chi connectivity index (χ0) is 24.5. The molecule has 0 unspecified atom stereocenters. The van der Waals surface area contributed by atoms with E-state index in [4.69, 9.17) is 28.2 Å². The molecule has 0 amide bonds. The van der Waals surface area contributed by atoms with Crippen LogP contribution in [0.5, 0.6) is 0 Å². The zero-order valence-corrected chi connectivity index (χ0v) is 22.4. The quantitative estimate of drug-likeness (QED) is 0.251. The van der Waals surface area contributed by atoms with Gasteiger partial charge in [-0.3, -0.25) is 0 Å². The van der Waals surface area contributed by atoms with Crippen molar-refractivity contribution in [2.45, 2.75) is 45.1 Å². The van der Waals surface area contributed by atoms with Crippen molar-refractivity contribution >= 4 is 61.7 Å². The molecular weight excluding hydrogens is 489 g/mol. The Kier molecular flexibility index (Phi) is 7.25. The maximum Gasteiger partial charge on any atom is 0.0968 e. The summed E-state index contributed by atoms with van der Waals surface area (Å²) >= 11 is 13.0. The molecule has 0 saturated carbocycles. The monoisotopic (exact) mass is 523 g/mol. The second kappa shape index (κ2) is 10.7. The Morgan fingerprint density at radius 1 is 0.722 bits per heavy atom. The first-order chi connectivity index (χ1) is 17.7. The minimum absolute atomic E-state index is 0.712. The fourth-order valence-electron chi connectivity index (χ4n) is 6.04. The summed E-state index contributed by atoms with van der Waals surface area (Å²) in [6, 6.07) is 12.5. The summed E-state index contributed by atoms with van der Waals surface area (Å²) in [4.78, 5) is 10.3. The number of fused-ring (bicyclic) bond motifs is 4. The predicted molar refractivity (Wildman–Crippen MR) is 154 cm³/mol.